The van der Waals surface area contributed by atoms with E-state index in [1.54, 1.807) is 11.8 Å². The van der Waals surface area contributed by atoms with Crippen LogP contribution in [0.1, 0.15) is 22.5 Å². The second kappa shape index (κ2) is 8.21. The van der Waals surface area contributed by atoms with Gasteiger partial charge in [0.05, 0.1) is 13.2 Å². The van der Waals surface area contributed by atoms with Crippen molar-refractivity contribution in [1.29, 1.82) is 0 Å². The van der Waals surface area contributed by atoms with Crippen molar-refractivity contribution >= 4 is 11.8 Å². The van der Waals surface area contributed by atoms with Crippen LogP contribution in [0.5, 0.6) is 5.75 Å². The van der Waals surface area contributed by atoms with Crippen LogP contribution in [-0.2, 0) is 6.54 Å². The number of aromatic nitrogens is 3. The third-order valence-electron chi connectivity index (χ3n) is 4.00. The summed E-state index contributed by atoms with van der Waals surface area (Å²) in [5, 5.41) is 9.47. The number of nitrogens with zero attached hydrogens (tertiary/aromatic N) is 3. The molecule has 130 valence electrons. The summed E-state index contributed by atoms with van der Waals surface area (Å²) in [6.45, 7) is 7.58. The predicted molar refractivity (Wildman–Crippen MR) is 102 cm³/mol. The lowest BCUT2D eigenvalue weighted by Crippen LogP contribution is -2.06. The Morgan fingerprint density at radius 1 is 1.00 bits per heavy atom. The fourth-order valence-corrected chi connectivity index (χ4v) is 3.36. The number of hydrogen-bond acceptors (Lipinski definition) is 4. The van der Waals surface area contributed by atoms with Crippen LogP contribution in [-0.4, -0.2) is 27.1 Å². The van der Waals surface area contributed by atoms with Gasteiger partial charge in [0.25, 0.3) is 0 Å². The predicted octanol–water partition coefficient (Wildman–Crippen LogP) is 4.42. The normalized spacial score (nSPS) is 10.8. The van der Waals surface area contributed by atoms with Gasteiger partial charge in [-0.3, -0.25) is 0 Å². The molecule has 3 aromatic rings. The number of ether oxygens (including phenoxy) is 1. The lowest BCUT2D eigenvalue weighted by Gasteiger charge is -2.11. The second-order valence-corrected chi connectivity index (χ2v) is 7.13. The molecule has 2 aromatic carbocycles. The first-order valence-corrected chi connectivity index (χ1v) is 9.38. The fraction of sp³-hybridized carbons (Fsp3) is 0.300. The highest BCUT2D eigenvalue weighted by molar-refractivity contribution is 7.99. The molecular weight excluding hydrogens is 330 g/mol. The van der Waals surface area contributed by atoms with Crippen LogP contribution in [0.15, 0.2) is 53.7 Å². The number of benzene rings is 2. The van der Waals surface area contributed by atoms with Gasteiger partial charge in [0.1, 0.15) is 11.6 Å². The quantitative estimate of drug-likeness (QED) is 0.465. The van der Waals surface area contributed by atoms with Crippen LogP contribution < -0.4 is 4.74 Å². The smallest absolute Gasteiger partial charge is 0.191 e. The maximum Gasteiger partial charge on any atom is 0.191 e. The van der Waals surface area contributed by atoms with E-state index in [1.165, 1.54) is 16.7 Å². The zero-order valence-corrected chi connectivity index (χ0v) is 15.7. The molecule has 0 saturated heterocycles. The van der Waals surface area contributed by atoms with Crippen LogP contribution in [0.4, 0.5) is 0 Å². The van der Waals surface area contributed by atoms with Crippen LogP contribution in [0.25, 0.3) is 0 Å². The fourth-order valence-electron chi connectivity index (χ4n) is 2.56. The van der Waals surface area contributed by atoms with E-state index in [9.17, 15) is 0 Å². The Balaban J connectivity index is 1.58. The summed E-state index contributed by atoms with van der Waals surface area (Å²) in [5.41, 5.74) is 3.63. The van der Waals surface area contributed by atoms with E-state index >= 15 is 0 Å². The van der Waals surface area contributed by atoms with E-state index in [0.29, 0.717) is 6.61 Å². The standard InChI is InChI=1S/C20H23N3OS/c1-15-9-10-16(2)19(13-15)24-11-12-25-20-22-21-17(3)23(20)14-18-7-5-4-6-8-18/h4-10,13H,11-12,14H2,1-3H3. The maximum absolute atomic E-state index is 5.93. The molecule has 1 heterocycles. The minimum Gasteiger partial charge on any atom is -0.492 e. The molecule has 0 unspecified atom stereocenters. The molecular formula is C20H23N3OS. The van der Waals surface area contributed by atoms with Gasteiger partial charge in [-0.2, -0.15) is 0 Å². The zero-order chi connectivity index (χ0) is 17.6. The van der Waals surface area contributed by atoms with Crippen LogP contribution in [0.3, 0.4) is 0 Å². The first-order chi connectivity index (χ1) is 12.1. The first kappa shape index (κ1) is 17.5. The lowest BCUT2D eigenvalue weighted by molar-refractivity contribution is 0.341. The van der Waals surface area contributed by atoms with Crippen molar-refractivity contribution in [2.24, 2.45) is 0 Å². The zero-order valence-electron chi connectivity index (χ0n) is 14.9. The molecule has 0 amide bonds. The number of aryl methyl sites for hydroxylation is 3. The highest BCUT2D eigenvalue weighted by Gasteiger charge is 2.10. The van der Waals surface area contributed by atoms with Crippen molar-refractivity contribution in [3.63, 3.8) is 0 Å². The Morgan fingerprint density at radius 2 is 1.80 bits per heavy atom. The molecule has 0 bridgehead atoms. The van der Waals surface area contributed by atoms with Gasteiger partial charge in [0, 0.05) is 5.75 Å². The molecule has 0 aliphatic carbocycles. The van der Waals surface area contributed by atoms with Crippen LogP contribution in [0, 0.1) is 20.8 Å². The summed E-state index contributed by atoms with van der Waals surface area (Å²) in [6, 6.07) is 16.7. The van der Waals surface area contributed by atoms with Crippen molar-refractivity contribution in [1.82, 2.24) is 14.8 Å². The van der Waals surface area contributed by atoms with E-state index in [-0.39, 0.29) is 0 Å². The van der Waals surface area contributed by atoms with Crippen molar-refractivity contribution in [3.8, 4) is 5.75 Å². The molecule has 0 spiro atoms. The SMILES string of the molecule is Cc1ccc(C)c(OCCSc2nnc(C)n2Cc2ccccc2)c1. The molecule has 0 atom stereocenters. The monoisotopic (exact) mass is 353 g/mol. The van der Waals surface area contributed by atoms with Crippen LogP contribution in [0.2, 0.25) is 0 Å². The average Bonchev–Trinajstić information content (AvgIpc) is 2.96. The summed E-state index contributed by atoms with van der Waals surface area (Å²) in [7, 11) is 0. The van der Waals surface area contributed by atoms with E-state index in [1.807, 2.05) is 13.0 Å². The Hall–Kier alpha value is -2.27. The molecule has 0 fully saturated rings. The number of hydrogen-bond donors (Lipinski definition) is 0. The van der Waals surface area contributed by atoms with Crippen molar-refractivity contribution in [2.45, 2.75) is 32.5 Å². The number of thioether (sulfide) groups is 1. The molecule has 0 aliphatic heterocycles. The summed E-state index contributed by atoms with van der Waals surface area (Å²) in [5.74, 6) is 2.73. The Labute approximate surface area is 153 Å². The van der Waals surface area contributed by atoms with E-state index in [4.69, 9.17) is 4.74 Å². The topological polar surface area (TPSA) is 39.9 Å². The Morgan fingerprint density at radius 3 is 2.60 bits per heavy atom. The molecule has 0 saturated carbocycles. The first-order valence-electron chi connectivity index (χ1n) is 8.40. The Bertz CT molecular complexity index is 830. The minimum absolute atomic E-state index is 0.645. The van der Waals surface area contributed by atoms with Gasteiger partial charge < -0.3 is 9.30 Å². The molecule has 4 nitrogen and oxygen atoms in total. The summed E-state index contributed by atoms with van der Waals surface area (Å²) < 4.78 is 8.08. The minimum atomic E-state index is 0.645. The van der Waals surface area contributed by atoms with Crippen molar-refractivity contribution < 1.29 is 4.74 Å². The van der Waals surface area contributed by atoms with Gasteiger partial charge in [-0.05, 0) is 43.5 Å². The van der Waals surface area contributed by atoms with E-state index in [0.717, 1.165) is 29.0 Å². The third kappa shape index (κ3) is 4.63. The largest absolute Gasteiger partial charge is 0.492 e. The molecule has 5 heteroatoms. The van der Waals surface area contributed by atoms with Gasteiger partial charge in [0.2, 0.25) is 0 Å². The molecule has 0 radical (unpaired) electrons. The second-order valence-electron chi connectivity index (χ2n) is 6.07. The summed E-state index contributed by atoms with van der Waals surface area (Å²) in [4.78, 5) is 0. The van der Waals surface area contributed by atoms with Gasteiger partial charge in [-0.1, -0.05) is 54.2 Å². The number of rotatable bonds is 7. The van der Waals surface area contributed by atoms with Gasteiger partial charge in [-0.15, -0.1) is 10.2 Å². The van der Waals surface area contributed by atoms with Crippen molar-refractivity contribution in [2.75, 3.05) is 12.4 Å². The van der Waals surface area contributed by atoms with Gasteiger partial charge in [0.15, 0.2) is 5.16 Å². The van der Waals surface area contributed by atoms with E-state index in [2.05, 4.69) is 71.1 Å². The summed E-state index contributed by atoms with van der Waals surface area (Å²) in [6.07, 6.45) is 0. The maximum atomic E-state index is 5.93. The molecule has 25 heavy (non-hydrogen) atoms. The highest BCUT2D eigenvalue weighted by Crippen LogP contribution is 2.21. The van der Waals surface area contributed by atoms with E-state index < -0.39 is 0 Å². The molecule has 3 rings (SSSR count). The van der Waals surface area contributed by atoms with Gasteiger partial charge in [-0.25, -0.2) is 0 Å². The molecule has 0 aliphatic rings. The van der Waals surface area contributed by atoms with Crippen molar-refractivity contribution in [3.05, 3.63) is 71.0 Å². The Kier molecular flexibility index (Phi) is 5.76. The molecule has 1 aromatic heterocycles. The van der Waals surface area contributed by atoms with Crippen LogP contribution >= 0.6 is 11.8 Å². The average molecular weight is 353 g/mol. The third-order valence-corrected chi connectivity index (χ3v) is 4.93. The lowest BCUT2D eigenvalue weighted by atomic mass is 10.1. The van der Waals surface area contributed by atoms with Gasteiger partial charge >= 0.3 is 0 Å². The highest BCUT2D eigenvalue weighted by atomic mass is 32.2. The summed E-state index contributed by atoms with van der Waals surface area (Å²) >= 11 is 1.68. The molecule has 0 N–H and O–H groups in total.